The maximum absolute atomic E-state index is 12.2. The number of hydrogen-bond acceptors (Lipinski definition) is 4. The van der Waals surface area contributed by atoms with Crippen LogP contribution in [0.5, 0.6) is 0 Å². The van der Waals surface area contributed by atoms with Crippen molar-refractivity contribution in [3.8, 4) is 0 Å². The fraction of sp³-hybridized carbons (Fsp3) is 0.294. The lowest BCUT2D eigenvalue weighted by Gasteiger charge is -2.06. The van der Waals surface area contributed by atoms with Crippen molar-refractivity contribution in [1.29, 1.82) is 0 Å². The Hall–Kier alpha value is -2.34. The van der Waals surface area contributed by atoms with Crippen molar-refractivity contribution in [2.24, 2.45) is 0 Å². The number of nitrogens with two attached hydrogens (primary N) is 1. The Kier molecular flexibility index (Phi) is 3.53. The Balaban J connectivity index is 1.39. The van der Waals surface area contributed by atoms with Crippen LogP contribution in [0, 0.1) is 0 Å². The van der Waals surface area contributed by atoms with Crippen molar-refractivity contribution in [3.05, 3.63) is 46.5 Å². The summed E-state index contributed by atoms with van der Waals surface area (Å²) in [6, 6.07) is 7.69. The van der Waals surface area contributed by atoms with E-state index in [4.69, 9.17) is 5.73 Å². The fourth-order valence-corrected chi connectivity index (χ4v) is 3.56. The van der Waals surface area contributed by atoms with Gasteiger partial charge in [0.1, 0.15) is 11.6 Å². The molecule has 5 nitrogen and oxygen atoms in total. The molecule has 1 aromatic carbocycles. The Morgan fingerprint density at radius 3 is 3.09 bits per heavy atom. The van der Waals surface area contributed by atoms with Gasteiger partial charge in [-0.1, -0.05) is 6.07 Å². The molecule has 23 heavy (non-hydrogen) atoms. The number of fused-ring (bicyclic) bond motifs is 1. The summed E-state index contributed by atoms with van der Waals surface area (Å²) in [4.78, 5) is 16.8. The largest absolute Gasteiger partial charge is 0.398 e. The lowest BCUT2D eigenvalue weighted by atomic mass is 10.2. The van der Waals surface area contributed by atoms with Crippen LogP contribution in [-0.2, 0) is 17.9 Å². The first kappa shape index (κ1) is 14.3. The SMILES string of the molecule is Nc1cccc2c1ccn2CC(=O)NCc1nc(C2CC2)cs1. The van der Waals surface area contributed by atoms with E-state index in [0.29, 0.717) is 12.5 Å². The van der Waals surface area contributed by atoms with Crippen molar-refractivity contribution in [2.75, 3.05) is 5.73 Å². The van der Waals surface area contributed by atoms with Crippen molar-refractivity contribution in [3.63, 3.8) is 0 Å². The van der Waals surface area contributed by atoms with Gasteiger partial charge in [-0.2, -0.15) is 0 Å². The predicted molar refractivity (Wildman–Crippen MR) is 92.3 cm³/mol. The summed E-state index contributed by atoms with van der Waals surface area (Å²) in [5, 5.41) is 7.01. The van der Waals surface area contributed by atoms with Gasteiger partial charge in [0.25, 0.3) is 0 Å². The smallest absolute Gasteiger partial charge is 0.240 e. The van der Waals surface area contributed by atoms with E-state index in [2.05, 4.69) is 15.7 Å². The molecule has 4 rings (SSSR count). The van der Waals surface area contributed by atoms with Crippen molar-refractivity contribution in [2.45, 2.75) is 31.8 Å². The van der Waals surface area contributed by atoms with E-state index in [0.717, 1.165) is 21.6 Å². The van der Waals surface area contributed by atoms with Crippen LogP contribution in [0.1, 0.15) is 29.5 Å². The molecule has 118 valence electrons. The van der Waals surface area contributed by atoms with Crippen LogP contribution in [0.15, 0.2) is 35.8 Å². The molecule has 0 bridgehead atoms. The van der Waals surface area contributed by atoms with Gasteiger partial charge >= 0.3 is 0 Å². The number of nitrogen functional groups attached to an aromatic ring is 1. The highest BCUT2D eigenvalue weighted by Crippen LogP contribution is 2.40. The number of nitrogens with one attached hydrogen (secondary N) is 1. The molecular weight excluding hydrogens is 308 g/mol. The van der Waals surface area contributed by atoms with Crippen molar-refractivity contribution < 1.29 is 4.79 Å². The number of benzene rings is 1. The van der Waals surface area contributed by atoms with Gasteiger partial charge in [0.05, 0.1) is 17.8 Å². The van der Waals surface area contributed by atoms with Crippen LogP contribution in [0.4, 0.5) is 5.69 Å². The van der Waals surface area contributed by atoms with Crippen LogP contribution in [-0.4, -0.2) is 15.5 Å². The van der Waals surface area contributed by atoms with Gasteiger partial charge in [0.15, 0.2) is 0 Å². The fourth-order valence-electron chi connectivity index (χ4n) is 2.74. The number of nitrogens with zero attached hydrogens (tertiary/aromatic N) is 2. The number of hydrogen-bond donors (Lipinski definition) is 2. The lowest BCUT2D eigenvalue weighted by molar-refractivity contribution is -0.121. The minimum Gasteiger partial charge on any atom is -0.398 e. The standard InChI is InChI=1S/C17H18N4OS/c18-13-2-1-3-15-12(13)6-7-21(15)9-16(22)19-8-17-20-14(10-23-17)11-4-5-11/h1-3,6-7,10-11H,4-5,8-9,18H2,(H,19,22). The summed E-state index contributed by atoms with van der Waals surface area (Å²) >= 11 is 1.62. The second-order valence-electron chi connectivity index (χ2n) is 5.94. The summed E-state index contributed by atoms with van der Waals surface area (Å²) in [7, 11) is 0. The minimum absolute atomic E-state index is 0.0203. The van der Waals surface area contributed by atoms with E-state index >= 15 is 0 Å². The number of carbonyl (C=O) groups excluding carboxylic acids is 1. The third-order valence-electron chi connectivity index (χ3n) is 4.16. The number of anilines is 1. The lowest BCUT2D eigenvalue weighted by Crippen LogP contribution is -2.26. The Morgan fingerprint density at radius 1 is 1.39 bits per heavy atom. The molecule has 1 fully saturated rings. The van der Waals surface area contributed by atoms with Crippen LogP contribution < -0.4 is 11.1 Å². The normalized spacial score (nSPS) is 14.3. The predicted octanol–water partition coefficient (Wildman–Crippen LogP) is 2.87. The van der Waals surface area contributed by atoms with Gasteiger partial charge in [-0.25, -0.2) is 4.98 Å². The summed E-state index contributed by atoms with van der Waals surface area (Å²) in [5.41, 5.74) is 8.84. The molecule has 1 amide bonds. The topological polar surface area (TPSA) is 72.9 Å². The zero-order valence-electron chi connectivity index (χ0n) is 12.7. The molecular formula is C17H18N4OS. The number of thiazole rings is 1. The van der Waals surface area contributed by atoms with Crippen molar-refractivity contribution in [1.82, 2.24) is 14.9 Å². The molecule has 0 spiro atoms. The monoisotopic (exact) mass is 326 g/mol. The van der Waals surface area contributed by atoms with Crippen LogP contribution in [0.25, 0.3) is 10.9 Å². The second-order valence-corrected chi connectivity index (χ2v) is 6.88. The third kappa shape index (κ3) is 2.94. The van der Waals surface area contributed by atoms with Gasteiger partial charge in [0.2, 0.25) is 5.91 Å². The van der Waals surface area contributed by atoms with Gasteiger partial charge in [-0.05, 0) is 31.0 Å². The quantitative estimate of drug-likeness (QED) is 0.708. The molecule has 0 aliphatic heterocycles. The highest BCUT2D eigenvalue weighted by atomic mass is 32.1. The third-order valence-corrected chi connectivity index (χ3v) is 5.03. The molecule has 0 atom stereocenters. The van der Waals surface area contributed by atoms with E-state index in [1.54, 1.807) is 11.3 Å². The molecule has 2 heterocycles. The van der Waals surface area contributed by atoms with E-state index in [1.807, 2.05) is 35.0 Å². The maximum atomic E-state index is 12.2. The molecule has 1 aliphatic rings. The average molecular weight is 326 g/mol. The van der Waals surface area contributed by atoms with Crippen LogP contribution in [0.3, 0.4) is 0 Å². The highest BCUT2D eigenvalue weighted by molar-refractivity contribution is 7.09. The van der Waals surface area contributed by atoms with E-state index in [9.17, 15) is 4.79 Å². The van der Waals surface area contributed by atoms with Gasteiger partial charge in [-0.15, -0.1) is 11.3 Å². The van der Waals surface area contributed by atoms with Gasteiger partial charge in [0, 0.05) is 28.6 Å². The Morgan fingerprint density at radius 2 is 2.26 bits per heavy atom. The summed E-state index contributed by atoms with van der Waals surface area (Å²) in [6.07, 6.45) is 4.40. The summed E-state index contributed by atoms with van der Waals surface area (Å²) in [6.45, 7) is 0.783. The molecule has 2 aromatic heterocycles. The summed E-state index contributed by atoms with van der Waals surface area (Å²) < 4.78 is 1.92. The molecule has 6 heteroatoms. The number of rotatable bonds is 5. The molecule has 1 aliphatic carbocycles. The Labute approximate surface area is 138 Å². The molecule has 3 N–H and O–H groups in total. The molecule has 3 aromatic rings. The van der Waals surface area contributed by atoms with Gasteiger partial charge in [-0.3, -0.25) is 4.79 Å². The van der Waals surface area contributed by atoms with Crippen LogP contribution >= 0.6 is 11.3 Å². The number of aromatic nitrogens is 2. The first-order valence-electron chi connectivity index (χ1n) is 7.75. The molecule has 0 radical (unpaired) electrons. The van der Waals surface area contributed by atoms with E-state index < -0.39 is 0 Å². The number of carbonyl (C=O) groups is 1. The first-order chi connectivity index (χ1) is 11.2. The molecule has 1 saturated carbocycles. The molecule has 0 saturated heterocycles. The molecule has 0 unspecified atom stereocenters. The highest BCUT2D eigenvalue weighted by Gasteiger charge is 2.25. The second kappa shape index (κ2) is 5.70. The van der Waals surface area contributed by atoms with Gasteiger partial charge < -0.3 is 15.6 Å². The van der Waals surface area contributed by atoms with E-state index in [-0.39, 0.29) is 12.5 Å². The average Bonchev–Trinajstić information content (AvgIpc) is 3.14. The van der Waals surface area contributed by atoms with E-state index in [1.165, 1.54) is 18.5 Å². The van der Waals surface area contributed by atoms with Crippen molar-refractivity contribution >= 4 is 33.8 Å². The number of amides is 1. The van der Waals surface area contributed by atoms with Crippen LogP contribution in [0.2, 0.25) is 0 Å². The maximum Gasteiger partial charge on any atom is 0.240 e. The summed E-state index contributed by atoms with van der Waals surface area (Å²) in [5.74, 6) is 0.639. The zero-order valence-corrected chi connectivity index (χ0v) is 13.5. The minimum atomic E-state index is -0.0203. The zero-order chi connectivity index (χ0) is 15.8. The first-order valence-corrected chi connectivity index (χ1v) is 8.63. The Bertz CT molecular complexity index is 862.